The zero-order valence-corrected chi connectivity index (χ0v) is 28.1. The van der Waals surface area contributed by atoms with Gasteiger partial charge in [-0.25, -0.2) is 4.98 Å². The highest BCUT2D eigenvalue weighted by molar-refractivity contribution is 7.00. The molecule has 9 aromatic rings. The van der Waals surface area contributed by atoms with Crippen LogP contribution < -0.4 is 26.2 Å². The summed E-state index contributed by atoms with van der Waals surface area (Å²) in [7, 11) is 0. The van der Waals surface area contributed by atoms with Crippen LogP contribution in [0.3, 0.4) is 0 Å². The monoisotopic (exact) mass is 663 g/mol. The molecule has 0 spiro atoms. The second-order valence-corrected chi connectivity index (χ2v) is 13.4. The number of para-hydroxylation sites is 3. The Morgan fingerprint density at radius 2 is 1.08 bits per heavy atom. The van der Waals surface area contributed by atoms with Crippen LogP contribution in [-0.2, 0) is 0 Å². The van der Waals surface area contributed by atoms with Crippen LogP contribution in [0.25, 0.3) is 38.9 Å². The van der Waals surface area contributed by atoms with E-state index in [4.69, 9.17) is 9.97 Å². The average molecular weight is 664 g/mol. The SMILES string of the molecule is c1ccc(N2c3ccc(-c4ccccn4)cc3B3c4cc5c(cc4N(c4ccccc4)c4cccc2c43)c2ccccc2n5-c2ccccn2)cc1. The summed E-state index contributed by atoms with van der Waals surface area (Å²) in [6.45, 7) is -0.0422. The number of aromatic nitrogens is 3. The van der Waals surface area contributed by atoms with Crippen LogP contribution in [0.15, 0.2) is 182 Å². The Balaban J connectivity index is 1.28. The standard InChI is InChI=1S/C46H30BN5/c1-3-14-32(15-4-1)50-40-25-24-31(38-19-9-11-26-48-38)28-36(40)47-37-30-43-35(34-18-7-8-20-39(34)52(43)45-23-10-12-27-49-45)29-44(37)51(33-16-5-2-6-17-33)42-22-13-21-41(50)46(42)47/h1-30H. The van der Waals surface area contributed by atoms with Crippen molar-refractivity contribution < 1.29 is 0 Å². The Bertz CT molecular complexity index is 2800. The van der Waals surface area contributed by atoms with Gasteiger partial charge in [-0.1, -0.05) is 84.9 Å². The fourth-order valence-electron chi connectivity index (χ4n) is 8.54. The molecule has 0 radical (unpaired) electrons. The maximum Gasteiger partial charge on any atom is 0.252 e. The molecule has 2 aliphatic rings. The van der Waals surface area contributed by atoms with Crippen LogP contribution in [0.1, 0.15) is 0 Å². The van der Waals surface area contributed by atoms with E-state index in [1.165, 1.54) is 49.9 Å². The second kappa shape index (κ2) is 11.3. The van der Waals surface area contributed by atoms with Crippen LogP contribution in [0.2, 0.25) is 0 Å². The molecule has 0 bridgehead atoms. The van der Waals surface area contributed by atoms with Crippen molar-refractivity contribution in [2.45, 2.75) is 0 Å². The molecule has 0 aliphatic carbocycles. The molecular formula is C46H30BN5. The van der Waals surface area contributed by atoms with Crippen molar-refractivity contribution in [3.63, 3.8) is 0 Å². The van der Waals surface area contributed by atoms with Crippen molar-refractivity contribution in [3.8, 4) is 17.1 Å². The number of nitrogens with zero attached hydrogens (tertiary/aromatic N) is 5. The summed E-state index contributed by atoms with van der Waals surface area (Å²) >= 11 is 0. The first kappa shape index (κ1) is 28.9. The molecule has 0 N–H and O–H groups in total. The minimum Gasteiger partial charge on any atom is -0.311 e. The van der Waals surface area contributed by atoms with Gasteiger partial charge in [-0.15, -0.1) is 0 Å². The van der Waals surface area contributed by atoms with Crippen molar-refractivity contribution in [3.05, 3.63) is 182 Å². The fraction of sp³-hybridized carbons (Fsp3) is 0. The summed E-state index contributed by atoms with van der Waals surface area (Å²) in [4.78, 5) is 14.5. The molecule has 0 saturated heterocycles. The summed E-state index contributed by atoms with van der Waals surface area (Å²) in [5, 5.41) is 2.40. The Hall–Kier alpha value is -6.92. The molecular weight excluding hydrogens is 633 g/mol. The highest BCUT2D eigenvalue weighted by atomic mass is 15.2. The largest absolute Gasteiger partial charge is 0.311 e. The van der Waals surface area contributed by atoms with Crippen LogP contribution in [0, 0.1) is 0 Å². The Morgan fingerprint density at radius 3 is 1.79 bits per heavy atom. The third kappa shape index (κ3) is 4.18. The van der Waals surface area contributed by atoms with Crippen LogP contribution in [0.5, 0.6) is 0 Å². The molecule has 0 fully saturated rings. The fourth-order valence-corrected chi connectivity index (χ4v) is 8.54. The zero-order chi connectivity index (χ0) is 34.2. The van der Waals surface area contributed by atoms with Crippen molar-refractivity contribution in [1.82, 2.24) is 14.5 Å². The van der Waals surface area contributed by atoms with Gasteiger partial charge in [-0.2, -0.15) is 0 Å². The molecule has 2 aliphatic heterocycles. The van der Waals surface area contributed by atoms with Crippen LogP contribution in [-0.4, -0.2) is 21.2 Å². The molecule has 11 rings (SSSR count). The Morgan fingerprint density at radius 1 is 0.423 bits per heavy atom. The van der Waals surface area contributed by atoms with E-state index >= 15 is 0 Å². The molecule has 0 unspecified atom stereocenters. The molecule has 242 valence electrons. The topological polar surface area (TPSA) is 37.2 Å². The number of benzene rings is 6. The van der Waals surface area contributed by atoms with Crippen molar-refractivity contribution in [2.24, 2.45) is 0 Å². The zero-order valence-electron chi connectivity index (χ0n) is 28.1. The lowest BCUT2D eigenvalue weighted by Gasteiger charge is -2.44. The van der Waals surface area contributed by atoms with E-state index in [1.54, 1.807) is 0 Å². The smallest absolute Gasteiger partial charge is 0.252 e. The summed E-state index contributed by atoms with van der Waals surface area (Å²) in [5.74, 6) is 0.905. The maximum absolute atomic E-state index is 4.86. The van der Waals surface area contributed by atoms with Gasteiger partial charge in [0.15, 0.2) is 0 Å². The Labute approximate surface area is 301 Å². The van der Waals surface area contributed by atoms with E-state index in [0.717, 1.165) is 39.5 Å². The molecule has 6 heteroatoms. The van der Waals surface area contributed by atoms with Gasteiger partial charge in [0.2, 0.25) is 0 Å². The van der Waals surface area contributed by atoms with Crippen molar-refractivity contribution in [2.75, 3.05) is 9.80 Å². The van der Waals surface area contributed by atoms with Gasteiger partial charge in [0.05, 0.1) is 16.7 Å². The number of rotatable bonds is 4. The lowest BCUT2D eigenvalue weighted by molar-refractivity contribution is 1.08. The van der Waals surface area contributed by atoms with Gasteiger partial charge >= 0.3 is 0 Å². The van der Waals surface area contributed by atoms with E-state index in [0.29, 0.717) is 0 Å². The molecule has 52 heavy (non-hydrogen) atoms. The molecule has 6 aromatic carbocycles. The predicted octanol–water partition coefficient (Wildman–Crippen LogP) is 9.32. The molecule has 3 aromatic heterocycles. The van der Waals surface area contributed by atoms with Crippen molar-refractivity contribution in [1.29, 1.82) is 0 Å². The maximum atomic E-state index is 4.86. The first-order chi connectivity index (χ1) is 25.8. The third-order valence-electron chi connectivity index (χ3n) is 10.7. The molecule has 5 heterocycles. The summed E-state index contributed by atoms with van der Waals surface area (Å²) in [6.07, 6.45) is 3.75. The summed E-state index contributed by atoms with van der Waals surface area (Å²) < 4.78 is 2.32. The van der Waals surface area contributed by atoms with Gasteiger partial charge in [0.25, 0.3) is 6.71 Å². The van der Waals surface area contributed by atoms with E-state index in [2.05, 4.69) is 172 Å². The number of anilines is 6. The van der Waals surface area contributed by atoms with E-state index in [1.807, 2.05) is 24.5 Å². The minimum atomic E-state index is -0.0422. The van der Waals surface area contributed by atoms with E-state index in [9.17, 15) is 0 Å². The Kier molecular flexibility index (Phi) is 6.28. The van der Waals surface area contributed by atoms with Crippen LogP contribution in [0.4, 0.5) is 34.1 Å². The van der Waals surface area contributed by atoms with Crippen molar-refractivity contribution >= 4 is 79.0 Å². The normalized spacial score (nSPS) is 12.9. The molecule has 0 amide bonds. The quantitative estimate of drug-likeness (QED) is 0.176. The first-order valence-electron chi connectivity index (χ1n) is 17.7. The van der Waals surface area contributed by atoms with Crippen LogP contribution >= 0.6 is 0 Å². The molecule has 0 saturated carbocycles. The van der Waals surface area contributed by atoms with Gasteiger partial charge in [-0.05, 0) is 107 Å². The number of hydrogen-bond acceptors (Lipinski definition) is 4. The first-order valence-corrected chi connectivity index (χ1v) is 17.7. The van der Waals surface area contributed by atoms with E-state index in [-0.39, 0.29) is 6.71 Å². The minimum absolute atomic E-state index is 0.0422. The second-order valence-electron chi connectivity index (χ2n) is 13.4. The summed E-state index contributed by atoms with van der Waals surface area (Å²) in [6, 6.07) is 61.0. The lowest BCUT2D eigenvalue weighted by atomic mass is 9.33. The highest BCUT2D eigenvalue weighted by Crippen LogP contribution is 2.45. The van der Waals surface area contributed by atoms with Gasteiger partial charge in [0, 0.05) is 57.3 Å². The lowest BCUT2D eigenvalue weighted by Crippen LogP contribution is -2.61. The highest BCUT2D eigenvalue weighted by Gasteiger charge is 2.43. The van der Waals surface area contributed by atoms with Gasteiger partial charge in [-0.3, -0.25) is 9.55 Å². The average Bonchev–Trinajstić information content (AvgIpc) is 3.54. The van der Waals surface area contributed by atoms with Gasteiger partial charge < -0.3 is 9.80 Å². The molecule has 0 atom stereocenters. The van der Waals surface area contributed by atoms with Gasteiger partial charge in [0.1, 0.15) is 5.82 Å². The number of fused-ring (bicyclic) bond motifs is 7. The number of pyridine rings is 2. The predicted molar refractivity (Wildman–Crippen MR) is 216 cm³/mol. The third-order valence-corrected chi connectivity index (χ3v) is 10.7. The van der Waals surface area contributed by atoms with E-state index < -0.39 is 0 Å². The number of hydrogen-bond donors (Lipinski definition) is 0. The summed E-state index contributed by atoms with van der Waals surface area (Å²) in [5.41, 5.74) is 15.1. The molecule has 5 nitrogen and oxygen atoms in total.